The van der Waals surface area contributed by atoms with E-state index >= 15 is 0 Å². The first-order chi connectivity index (χ1) is 9.99. The van der Waals surface area contributed by atoms with Crippen molar-refractivity contribution in [2.45, 2.75) is 33.2 Å². The van der Waals surface area contributed by atoms with E-state index in [9.17, 15) is 9.59 Å². The van der Waals surface area contributed by atoms with Gasteiger partial charge in [-0.05, 0) is 30.9 Å². The number of rotatable bonds is 3. The van der Waals surface area contributed by atoms with Crippen LogP contribution in [-0.2, 0) is 6.42 Å². The van der Waals surface area contributed by atoms with Crippen LogP contribution in [-0.4, -0.2) is 17.0 Å². The molecule has 2 heterocycles. The molecule has 0 aliphatic carbocycles. The second kappa shape index (κ2) is 5.02. The van der Waals surface area contributed by atoms with Gasteiger partial charge in [-0.3, -0.25) is 9.59 Å². The average Bonchev–Trinajstić information content (AvgIpc) is 2.77. The van der Waals surface area contributed by atoms with Gasteiger partial charge in [0, 0.05) is 24.2 Å². The van der Waals surface area contributed by atoms with Crippen LogP contribution in [0.4, 0.5) is 0 Å². The molecule has 1 aliphatic rings. The average molecular weight is 284 g/mol. The smallest absolute Gasteiger partial charge is 0.256 e. The molecule has 2 aromatic rings. The van der Waals surface area contributed by atoms with Crippen molar-refractivity contribution in [2.75, 3.05) is 6.54 Å². The molecule has 21 heavy (non-hydrogen) atoms. The maximum Gasteiger partial charge on any atom is 0.256 e. The second-order valence-electron chi connectivity index (χ2n) is 6.25. The predicted octanol–water partition coefficient (Wildman–Crippen LogP) is 2.50. The molecule has 0 saturated heterocycles. The fourth-order valence-electron chi connectivity index (χ4n) is 2.97. The van der Waals surface area contributed by atoms with E-state index in [0.29, 0.717) is 17.8 Å². The highest BCUT2D eigenvalue weighted by molar-refractivity contribution is 5.98. The number of carbonyl (C=O) groups excluding carboxylic acids is 1. The predicted molar refractivity (Wildman–Crippen MR) is 83.8 cm³/mol. The minimum absolute atomic E-state index is 0.168. The van der Waals surface area contributed by atoms with Gasteiger partial charge in [0.05, 0.1) is 5.52 Å². The van der Waals surface area contributed by atoms with E-state index in [1.807, 2.05) is 26.0 Å². The van der Waals surface area contributed by atoms with E-state index in [1.54, 1.807) is 6.20 Å². The molecule has 0 radical (unpaired) electrons. The third-order valence-corrected chi connectivity index (χ3v) is 4.04. The normalized spacial score (nSPS) is 16.7. The summed E-state index contributed by atoms with van der Waals surface area (Å²) in [6.07, 6.45) is 2.63. The molecular formula is C17H20N2O2. The molecule has 1 atom stereocenters. The molecule has 0 bridgehead atoms. The van der Waals surface area contributed by atoms with Gasteiger partial charge >= 0.3 is 0 Å². The number of para-hydroxylation sites is 1. The fraction of sp³-hybridized carbons (Fsp3) is 0.412. The van der Waals surface area contributed by atoms with Crippen molar-refractivity contribution in [3.8, 4) is 0 Å². The van der Waals surface area contributed by atoms with Crippen LogP contribution in [0.15, 0.2) is 29.2 Å². The van der Waals surface area contributed by atoms with Gasteiger partial charge in [-0.1, -0.05) is 26.0 Å². The van der Waals surface area contributed by atoms with E-state index in [1.165, 1.54) is 5.56 Å². The number of aromatic nitrogens is 1. The van der Waals surface area contributed by atoms with Crippen LogP contribution in [0.1, 0.15) is 42.7 Å². The van der Waals surface area contributed by atoms with Crippen LogP contribution in [0, 0.1) is 5.92 Å². The minimum atomic E-state index is -0.274. The second-order valence-corrected chi connectivity index (χ2v) is 6.25. The molecule has 4 nitrogen and oxygen atoms in total. The molecule has 1 amide bonds. The Morgan fingerprint density at radius 1 is 1.43 bits per heavy atom. The Hall–Kier alpha value is -2.10. The van der Waals surface area contributed by atoms with E-state index in [2.05, 4.69) is 22.9 Å². The summed E-state index contributed by atoms with van der Waals surface area (Å²) >= 11 is 0. The zero-order valence-corrected chi connectivity index (χ0v) is 12.6. The van der Waals surface area contributed by atoms with Crippen molar-refractivity contribution in [2.24, 2.45) is 5.92 Å². The third-order valence-electron chi connectivity index (χ3n) is 4.04. The first-order valence-corrected chi connectivity index (χ1v) is 7.44. The Labute approximate surface area is 123 Å². The van der Waals surface area contributed by atoms with Gasteiger partial charge in [-0.25, -0.2) is 0 Å². The van der Waals surface area contributed by atoms with Crippen LogP contribution in [0.3, 0.4) is 0 Å². The van der Waals surface area contributed by atoms with E-state index in [0.717, 1.165) is 11.9 Å². The Bertz CT molecular complexity index is 774. The fourth-order valence-corrected chi connectivity index (χ4v) is 2.97. The molecule has 1 aromatic heterocycles. The molecule has 1 aliphatic heterocycles. The lowest BCUT2D eigenvalue weighted by Gasteiger charge is -2.13. The highest BCUT2D eigenvalue weighted by atomic mass is 16.2. The lowest BCUT2D eigenvalue weighted by atomic mass is 10.1. The van der Waals surface area contributed by atoms with Gasteiger partial charge in [-0.15, -0.1) is 0 Å². The van der Waals surface area contributed by atoms with Crippen LogP contribution in [0.25, 0.3) is 10.9 Å². The van der Waals surface area contributed by atoms with Crippen molar-refractivity contribution in [3.05, 3.63) is 45.7 Å². The Morgan fingerprint density at radius 3 is 2.90 bits per heavy atom. The monoisotopic (exact) mass is 284 g/mol. The summed E-state index contributed by atoms with van der Waals surface area (Å²) in [6, 6.07) is 6.05. The summed E-state index contributed by atoms with van der Waals surface area (Å²) in [5, 5.41) is 3.48. The van der Waals surface area contributed by atoms with Crippen molar-refractivity contribution in [1.29, 1.82) is 0 Å². The SMILES string of the molecule is CC(C)CNC(=O)c1cn2c3c(cccc3c1=O)C[C@@H]2C. The number of hydrogen-bond donors (Lipinski definition) is 1. The van der Waals surface area contributed by atoms with Crippen molar-refractivity contribution in [1.82, 2.24) is 9.88 Å². The molecule has 1 N–H and O–H groups in total. The molecule has 0 unspecified atom stereocenters. The molecule has 0 fully saturated rings. The van der Waals surface area contributed by atoms with Crippen molar-refractivity contribution in [3.63, 3.8) is 0 Å². The Kier molecular flexibility index (Phi) is 3.32. The topological polar surface area (TPSA) is 51.1 Å². The van der Waals surface area contributed by atoms with Gasteiger partial charge in [0.15, 0.2) is 0 Å². The number of nitrogens with zero attached hydrogens (tertiary/aromatic N) is 1. The van der Waals surface area contributed by atoms with Crippen LogP contribution in [0.5, 0.6) is 0 Å². The molecule has 4 heteroatoms. The summed E-state index contributed by atoms with van der Waals surface area (Å²) in [5.41, 5.74) is 2.24. The van der Waals surface area contributed by atoms with Crippen molar-refractivity contribution < 1.29 is 4.79 Å². The van der Waals surface area contributed by atoms with E-state index < -0.39 is 0 Å². The molecule has 0 spiro atoms. The first kappa shape index (κ1) is 13.9. The number of amides is 1. The third kappa shape index (κ3) is 2.24. The number of nitrogens with one attached hydrogen (secondary N) is 1. The van der Waals surface area contributed by atoms with Gasteiger partial charge in [-0.2, -0.15) is 0 Å². The molecule has 110 valence electrons. The highest BCUT2D eigenvalue weighted by Crippen LogP contribution is 2.30. The number of carbonyl (C=O) groups is 1. The highest BCUT2D eigenvalue weighted by Gasteiger charge is 2.24. The summed E-state index contributed by atoms with van der Waals surface area (Å²) in [6.45, 7) is 6.74. The summed E-state index contributed by atoms with van der Waals surface area (Å²) in [4.78, 5) is 24.9. The molecule has 3 rings (SSSR count). The zero-order valence-electron chi connectivity index (χ0n) is 12.6. The van der Waals surface area contributed by atoms with Crippen LogP contribution in [0.2, 0.25) is 0 Å². The van der Waals surface area contributed by atoms with Gasteiger partial charge in [0.2, 0.25) is 5.43 Å². The van der Waals surface area contributed by atoms with Crippen molar-refractivity contribution >= 4 is 16.8 Å². The maximum atomic E-state index is 12.6. The van der Waals surface area contributed by atoms with E-state index in [4.69, 9.17) is 0 Å². The molecular weight excluding hydrogens is 264 g/mol. The lowest BCUT2D eigenvalue weighted by molar-refractivity contribution is 0.0947. The van der Waals surface area contributed by atoms with Crippen LogP contribution < -0.4 is 10.7 Å². The quantitative estimate of drug-likeness (QED) is 0.941. The lowest BCUT2D eigenvalue weighted by Crippen LogP contribution is -2.32. The van der Waals surface area contributed by atoms with E-state index in [-0.39, 0.29) is 22.9 Å². The number of benzene rings is 1. The summed E-state index contributed by atoms with van der Waals surface area (Å²) < 4.78 is 2.07. The van der Waals surface area contributed by atoms with Crippen LogP contribution >= 0.6 is 0 Å². The maximum absolute atomic E-state index is 12.6. The van der Waals surface area contributed by atoms with Gasteiger partial charge in [0.25, 0.3) is 5.91 Å². The Balaban J connectivity index is 2.13. The number of hydrogen-bond acceptors (Lipinski definition) is 2. The van der Waals surface area contributed by atoms with Gasteiger partial charge < -0.3 is 9.88 Å². The first-order valence-electron chi connectivity index (χ1n) is 7.44. The summed E-state index contributed by atoms with van der Waals surface area (Å²) in [5.74, 6) is 0.0849. The summed E-state index contributed by atoms with van der Waals surface area (Å²) in [7, 11) is 0. The largest absolute Gasteiger partial charge is 0.352 e. The zero-order chi connectivity index (χ0) is 15.1. The minimum Gasteiger partial charge on any atom is -0.352 e. The Morgan fingerprint density at radius 2 is 2.19 bits per heavy atom. The molecule has 1 aromatic carbocycles. The standard InChI is InChI=1S/C17H20N2O2/c1-10(2)8-18-17(21)14-9-19-11(3)7-12-5-4-6-13(15(12)19)16(14)20/h4-6,9-11H,7-8H2,1-3H3,(H,18,21)/t11-/m0/s1. The number of pyridine rings is 1. The molecule has 0 saturated carbocycles. The van der Waals surface area contributed by atoms with Gasteiger partial charge in [0.1, 0.15) is 5.56 Å².